The van der Waals surface area contributed by atoms with E-state index in [1.54, 1.807) is 0 Å². The highest BCUT2D eigenvalue weighted by Gasteiger charge is 2.61. The minimum atomic E-state index is -0.843. The van der Waals surface area contributed by atoms with E-state index < -0.39 is 41.2 Å². The van der Waals surface area contributed by atoms with Crippen LogP contribution in [0.5, 0.6) is 0 Å². The van der Waals surface area contributed by atoms with E-state index in [0.717, 1.165) is 23.5 Å². The van der Waals surface area contributed by atoms with Crippen LogP contribution < -0.4 is 4.90 Å². The van der Waals surface area contributed by atoms with Gasteiger partial charge in [0, 0.05) is 18.4 Å². The number of fused-ring (bicyclic) bond motifs is 2. The van der Waals surface area contributed by atoms with Gasteiger partial charge >= 0.3 is 0 Å². The number of carbonyl (C=O) groups is 3. The van der Waals surface area contributed by atoms with Crippen LogP contribution in [0.2, 0.25) is 0 Å². The lowest BCUT2D eigenvalue weighted by molar-refractivity contribution is -0.143. The van der Waals surface area contributed by atoms with Crippen molar-refractivity contribution in [2.75, 3.05) is 4.90 Å². The number of halogens is 2. The zero-order valence-electron chi connectivity index (χ0n) is 11.6. The molecule has 4 aliphatic rings. The summed E-state index contributed by atoms with van der Waals surface area (Å²) in [7, 11) is 0. The maximum absolute atomic E-state index is 13.4. The highest BCUT2D eigenvalue weighted by Crippen LogP contribution is 2.52. The maximum Gasteiger partial charge on any atom is 0.238 e. The number of hydrogen-bond acceptors (Lipinski definition) is 3. The lowest BCUT2D eigenvalue weighted by Crippen LogP contribution is -2.46. The van der Waals surface area contributed by atoms with E-state index in [9.17, 15) is 23.2 Å². The second-order valence-electron chi connectivity index (χ2n) is 6.31. The molecular weight excluding hydrogens is 292 g/mol. The molecule has 1 saturated heterocycles. The lowest BCUT2D eigenvalue weighted by Gasteiger charge is -2.41. The van der Waals surface area contributed by atoms with Crippen LogP contribution in [-0.4, -0.2) is 17.6 Å². The molecule has 0 radical (unpaired) electrons. The third-order valence-electron chi connectivity index (χ3n) is 5.17. The quantitative estimate of drug-likeness (QED) is 0.746. The third-order valence-corrected chi connectivity index (χ3v) is 5.17. The van der Waals surface area contributed by atoms with Crippen molar-refractivity contribution in [3.05, 3.63) is 29.8 Å². The van der Waals surface area contributed by atoms with Gasteiger partial charge in [0.2, 0.25) is 11.8 Å². The Hall–Kier alpha value is -2.11. The normalized spacial score (nSPS) is 33.5. The Morgan fingerprint density at radius 1 is 0.909 bits per heavy atom. The fraction of sp³-hybridized carbons (Fsp3) is 0.438. The van der Waals surface area contributed by atoms with E-state index in [1.165, 1.54) is 0 Å². The van der Waals surface area contributed by atoms with Gasteiger partial charge < -0.3 is 0 Å². The van der Waals surface area contributed by atoms with Crippen molar-refractivity contribution in [1.82, 2.24) is 0 Å². The number of imide groups is 1. The number of rotatable bonds is 1. The first-order valence-electron chi connectivity index (χ1n) is 7.34. The van der Waals surface area contributed by atoms with E-state index in [4.69, 9.17) is 0 Å². The van der Waals surface area contributed by atoms with Gasteiger partial charge in [0.25, 0.3) is 0 Å². The van der Waals surface area contributed by atoms with Crippen molar-refractivity contribution in [2.24, 2.45) is 23.7 Å². The van der Waals surface area contributed by atoms with Crippen LogP contribution in [-0.2, 0) is 14.4 Å². The minimum Gasteiger partial charge on any atom is -0.299 e. The summed E-state index contributed by atoms with van der Waals surface area (Å²) in [4.78, 5) is 38.1. The van der Waals surface area contributed by atoms with Gasteiger partial charge in [-0.2, -0.15) is 0 Å². The fourth-order valence-corrected chi connectivity index (χ4v) is 4.31. The minimum absolute atomic E-state index is 0.0333. The summed E-state index contributed by atoms with van der Waals surface area (Å²) in [5.74, 6) is -4.30. The Balaban J connectivity index is 1.78. The Morgan fingerprint density at radius 2 is 1.55 bits per heavy atom. The fourth-order valence-electron chi connectivity index (χ4n) is 4.31. The van der Waals surface area contributed by atoms with Crippen LogP contribution in [0.4, 0.5) is 14.5 Å². The van der Waals surface area contributed by atoms with Gasteiger partial charge in [0.05, 0.1) is 17.5 Å². The van der Waals surface area contributed by atoms with E-state index in [-0.39, 0.29) is 17.4 Å². The number of ketones is 1. The average Bonchev–Trinajstić information content (AvgIpc) is 2.72. The average molecular weight is 305 g/mol. The number of benzene rings is 1. The maximum atomic E-state index is 13.4. The van der Waals surface area contributed by atoms with Crippen LogP contribution in [0.25, 0.3) is 0 Å². The van der Waals surface area contributed by atoms with Gasteiger partial charge in [-0.05, 0) is 30.9 Å². The zero-order valence-corrected chi connectivity index (χ0v) is 11.6. The highest BCUT2D eigenvalue weighted by molar-refractivity contribution is 6.23. The molecule has 4 atom stereocenters. The molecule has 0 N–H and O–H groups in total. The van der Waals surface area contributed by atoms with Gasteiger partial charge in [-0.15, -0.1) is 0 Å². The SMILES string of the molecule is O=C1CC2CCC1C1C(=O)N(c3cc(F)cc(F)c3)C(=O)C21. The van der Waals surface area contributed by atoms with Crippen molar-refractivity contribution >= 4 is 23.3 Å². The van der Waals surface area contributed by atoms with Crippen molar-refractivity contribution in [3.63, 3.8) is 0 Å². The number of nitrogens with zero attached hydrogens (tertiary/aromatic N) is 1. The molecule has 2 bridgehead atoms. The van der Waals surface area contributed by atoms with Crippen LogP contribution in [0.3, 0.4) is 0 Å². The summed E-state index contributed by atoms with van der Waals surface area (Å²) < 4.78 is 26.8. The number of carbonyl (C=O) groups excluding carboxylic acids is 3. The van der Waals surface area contributed by atoms with Crippen molar-refractivity contribution < 1.29 is 23.2 Å². The molecule has 3 aliphatic carbocycles. The van der Waals surface area contributed by atoms with Crippen LogP contribution >= 0.6 is 0 Å². The summed E-state index contributed by atoms with van der Waals surface area (Å²) in [5.41, 5.74) is -0.0891. The molecule has 0 aromatic heterocycles. The Bertz CT molecular complexity index is 697. The van der Waals surface area contributed by atoms with Crippen molar-refractivity contribution in [3.8, 4) is 0 Å². The number of Topliss-reactive ketones (excluding diaryl/α,β-unsaturated/α-hetero) is 1. The molecule has 5 rings (SSSR count). The second-order valence-corrected chi connectivity index (χ2v) is 6.31. The molecule has 4 nitrogen and oxygen atoms in total. The molecule has 4 fully saturated rings. The molecule has 1 aromatic rings. The molecule has 1 heterocycles. The van der Waals surface area contributed by atoms with Gasteiger partial charge in [-0.1, -0.05) is 0 Å². The van der Waals surface area contributed by atoms with E-state index in [1.807, 2.05) is 0 Å². The first kappa shape index (κ1) is 13.5. The number of hydrogen-bond donors (Lipinski definition) is 0. The van der Waals surface area contributed by atoms with Crippen molar-refractivity contribution in [1.29, 1.82) is 0 Å². The van der Waals surface area contributed by atoms with Gasteiger partial charge in [0.1, 0.15) is 17.4 Å². The number of anilines is 1. The van der Waals surface area contributed by atoms with E-state index >= 15 is 0 Å². The first-order chi connectivity index (χ1) is 10.5. The first-order valence-corrected chi connectivity index (χ1v) is 7.34. The largest absolute Gasteiger partial charge is 0.299 e. The molecule has 2 amide bonds. The van der Waals surface area contributed by atoms with E-state index in [0.29, 0.717) is 18.9 Å². The van der Waals surface area contributed by atoms with Crippen LogP contribution in [0.15, 0.2) is 18.2 Å². The summed E-state index contributed by atoms with van der Waals surface area (Å²) >= 11 is 0. The lowest BCUT2D eigenvalue weighted by atomic mass is 9.59. The van der Waals surface area contributed by atoms with Gasteiger partial charge in [-0.3, -0.25) is 14.4 Å². The smallest absolute Gasteiger partial charge is 0.238 e. The Morgan fingerprint density at radius 3 is 2.18 bits per heavy atom. The molecular formula is C16H13F2NO3. The molecule has 22 heavy (non-hydrogen) atoms. The molecule has 3 saturated carbocycles. The molecule has 4 unspecified atom stereocenters. The molecule has 1 aromatic carbocycles. The summed E-state index contributed by atoms with van der Waals surface area (Å²) in [6.45, 7) is 0. The Kier molecular flexibility index (Phi) is 2.74. The summed E-state index contributed by atoms with van der Waals surface area (Å²) in [5, 5.41) is 0. The Labute approximate surface area is 125 Å². The second kappa shape index (κ2) is 4.44. The van der Waals surface area contributed by atoms with Gasteiger partial charge in [0.15, 0.2) is 0 Å². The summed E-state index contributed by atoms with van der Waals surface area (Å²) in [6.07, 6.45) is 1.70. The monoisotopic (exact) mass is 305 g/mol. The molecule has 114 valence electrons. The van der Waals surface area contributed by atoms with Crippen LogP contribution in [0, 0.1) is 35.3 Å². The standard InChI is InChI=1S/C16H13F2NO3/c17-8-4-9(18)6-10(5-8)19-15(21)13-7-1-2-11(12(20)3-7)14(13)16(19)22/h4-7,11,13-14H,1-3H2. The van der Waals surface area contributed by atoms with E-state index in [2.05, 4.69) is 0 Å². The molecule has 0 spiro atoms. The molecule has 1 aliphatic heterocycles. The number of amides is 2. The molecule has 6 heteroatoms. The topological polar surface area (TPSA) is 54.5 Å². The van der Waals surface area contributed by atoms with Gasteiger partial charge in [-0.25, -0.2) is 13.7 Å². The zero-order chi connectivity index (χ0) is 15.6. The predicted molar refractivity (Wildman–Crippen MR) is 71.7 cm³/mol. The third kappa shape index (κ3) is 1.69. The van der Waals surface area contributed by atoms with Crippen LogP contribution in [0.1, 0.15) is 19.3 Å². The highest BCUT2D eigenvalue weighted by atomic mass is 19.1. The van der Waals surface area contributed by atoms with Crippen molar-refractivity contribution in [2.45, 2.75) is 19.3 Å². The predicted octanol–water partition coefficient (Wildman–Crippen LogP) is 2.07. The summed E-state index contributed by atoms with van der Waals surface area (Å²) in [6, 6.07) is 2.63.